The van der Waals surface area contributed by atoms with Crippen LogP contribution in [0.5, 0.6) is 0 Å². The number of pyridine rings is 1. The highest BCUT2D eigenvalue weighted by Crippen LogP contribution is 2.21. The normalized spacial score (nSPS) is 13.1. The summed E-state index contributed by atoms with van der Waals surface area (Å²) >= 11 is 0. The van der Waals surface area contributed by atoms with Gasteiger partial charge in [-0.15, -0.1) is 0 Å². The van der Waals surface area contributed by atoms with E-state index in [0.717, 1.165) is 17.5 Å². The molecule has 0 bridgehead atoms. The first kappa shape index (κ1) is 13.7. The Kier molecular flexibility index (Phi) is 4.29. The SMILES string of the molecule is CS(=O)(=O)NCC(c1ccccc1)c1ccccn1. The molecule has 5 heteroatoms. The van der Waals surface area contributed by atoms with E-state index in [1.54, 1.807) is 6.20 Å². The van der Waals surface area contributed by atoms with Gasteiger partial charge in [-0.1, -0.05) is 36.4 Å². The highest BCUT2D eigenvalue weighted by molar-refractivity contribution is 7.88. The molecule has 100 valence electrons. The molecular weight excluding hydrogens is 260 g/mol. The fraction of sp³-hybridized carbons (Fsp3) is 0.214. The third-order valence-electron chi connectivity index (χ3n) is 2.80. The van der Waals surface area contributed by atoms with E-state index in [1.807, 2.05) is 48.5 Å². The molecule has 0 saturated carbocycles. The first-order chi connectivity index (χ1) is 9.06. The van der Waals surface area contributed by atoms with Crippen LogP contribution >= 0.6 is 0 Å². The van der Waals surface area contributed by atoms with Gasteiger partial charge in [0.1, 0.15) is 0 Å². The summed E-state index contributed by atoms with van der Waals surface area (Å²) in [5, 5.41) is 0. The van der Waals surface area contributed by atoms with Crippen LogP contribution < -0.4 is 4.72 Å². The van der Waals surface area contributed by atoms with Crippen LogP contribution in [0.1, 0.15) is 17.2 Å². The first-order valence-electron chi connectivity index (χ1n) is 5.97. The Hall–Kier alpha value is -1.72. The smallest absolute Gasteiger partial charge is 0.208 e. The summed E-state index contributed by atoms with van der Waals surface area (Å²) in [7, 11) is -3.21. The molecule has 0 spiro atoms. The zero-order chi connectivity index (χ0) is 13.7. The highest BCUT2D eigenvalue weighted by atomic mass is 32.2. The van der Waals surface area contributed by atoms with Crippen molar-refractivity contribution in [3.05, 3.63) is 66.0 Å². The molecule has 1 heterocycles. The predicted octanol–water partition coefficient (Wildman–Crippen LogP) is 1.76. The number of rotatable bonds is 5. The van der Waals surface area contributed by atoms with Crippen LogP contribution in [-0.4, -0.2) is 26.2 Å². The van der Waals surface area contributed by atoms with Gasteiger partial charge in [0.2, 0.25) is 10.0 Å². The zero-order valence-corrected chi connectivity index (χ0v) is 11.5. The van der Waals surface area contributed by atoms with Crippen LogP contribution in [0.2, 0.25) is 0 Å². The van der Waals surface area contributed by atoms with E-state index in [1.165, 1.54) is 0 Å². The van der Waals surface area contributed by atoms with E-state index in [2.05, 4.69) is 9.71 Å². The van der Waals surface area contributed by atoms with Gasteiger partial charge in [0, 0.05) is 24.4 Å². The Balaban J connectivity index is 2.29. The number of sulfonamides is 1. The second kappa shape index (κ2) is 5.95. The maximum absolute atomic E-state index is 11.3. The van der Waals surface area contributed by atoms with Crippen molar-refractivity contribution in [3.63, 3.8) is 0 Å². The number of hydrogen-bond donors (Lipinski definition) is 1. The van der Waals surface area contributed by atoms with Crippen molar-refractivity contribution in [1.29, 1.82) is 0 Å². The Morgan fingerprint density at radius 3 is 2.37 bits per heavy atom. The van der Waals surface area contributed by atoms with Crippen LogP contribution in [0.15, 0.2) is 54.7 Å². The first-order valence-corrected chi connectivity index (χ1v) is 7.86. The van der Waals surface area contributed by atoms with E-state index in [0.29, 0.717) is 6.54 Å². The molecular formula is C14H16N2O2S. The molecule has 1 unspecified atom stereocenters. The van der Waals surface area contributed by atoms with Gasteiger partial charge < -0.3 is 0 Å². The number of benzene rings is 1. The lowest BCUT2D eigenvalue weighted by Gasteiger charge is -2.17. The average molecular weight is 276 g/mol. The Morgan fingerprint density at radius 2 is 1.79 bits per heavy atom. The van der Waals surface area contributed by atoms with Crippen molar-refractivity contribution < 1.29 is 8.42 Å². The largest absolute Gasteiger partial charge is 0.261 e. The molecule has 0 amide bonds. The summed E-state index contributed by atoms with van der Waals surface area (Å²) in [6.45, 7) is 0.305. The van der Waals surface area contributed by atoms with Gasteiger partial charge >= 0.3 is 0 Å². The molecule has 19 heavy (non-hydrogen) atoms. The van der Waals surface area contributed by atoms with Gasteiger partial charge in [0.15, 0.2) is 0 Å². The lowest BCUT2D eigenvalue weighted by molar-refractivity contribution is 0.583. The second-order valence-corrected chi connectivity index (χ2v) is 6.17. The maximum Gasteiger partial charge on any atom is 0.208 e. The summed E-state index contributed by atoms with van der Waals surface area (Å²) in [6, 6.07) is 15.4. The Bertz CT molecular complexity index is 573. The second-order valence-electron chi connectivity index (χ2n) is 4.34. The zero-order valence-electron chi connectivity index (χ0n) is 10.7. The van der Waals surface area contributed by atoms with Gasteiger partial charge in [-0.05, 0) is 17.7 Å². The minimum atomic E-state index is -3.21. The van der Waals surface area contributed by atoms with E-state index in [-0.39, 0.29) is 5.92 Å². The minimum Gasteiger partial charge on any atom is -0.261 e. The van der Waals surface area contributed by atoms with Crippen molar-refractivity contribution in [2.24, 2.45) is 0 Å². The quantitative estimate of drug-likeness (QED) is 0.905. The number of nitrogens with one attached hydrogen (secondary N) is 1. The van der Waals surface area contributed by atoms with Gasteiger partial charge in [-0.2, -0.15) is 0 Å². The molecule has 4 nitrogen and oxygen atoms in total. The molecule has 0 aliphatic carbocycles. The third kappa shape index (κ3) is 4.15. The summed E-state index contributed by atoms with van der Waals surface area (Å²) in [5.74, 6) is -0.0860. The standard InChI is InChI=1S/C14H16N2O2S/c1-19(17,18)16-11-13(12-7-3-2-4-8-12)14-9-5-6-10-15-14/h2-10,13,16H,11H2,1H3. The van der Waals surface area contributed by atoms with Crippen LogP contribution in [-0.2, 0) is 10.0 Å². The van der Waals surface area contributed by atoms with Crippen molar-refractivity contribution >= 4 is 10.0 Å². The summed E-state index contributed by atoms with van der Waals surface area (Å²) in [5.41, 5.74) is 1.89. The van der Waals surface area contributed by atoms with E-state index < -0.39 is 10.0 Å². The fourth-order valence-electron chi connectivity index (χ4n) is 1.90. The molecule has 2 aromatic rings. The molecule has 0 aliphatic heterocycles. The Labute approximate surface area is 113 Å². The predicted molar refractivity (Wildman–Crippen MR) is 75.4 cm³/mol. The number of nitrogens with zero attached hydrogens (tertiary/aromatic N) is 1. The van der Waals surface area contributed by atoms with Crippen LogP contribution in [0.3, 0.4) is 0 Å². The topological polar surface area (TPSA) is 59.1 Å². The summed E-state index contributed by atoms with van der Waals surface area (Å²) < 4.78 is 25.1. The van der Waals surface area contributed by atoms with Crippen molar-refractivity contribution in [1.82, 2.24) is 9.71 Å². The molecule has 0 radical (unpaired) electrons. The molecule has 0 saturated heterocycles. The van der Waals surface area contributed by atoms with Crippen LogP contribution in [0, 0.1) is 0 Å². The molecule has 0 aliphatic rings. The van der Waals surface area contributed by atoms with Crippen LogP contribution in [0.4, 0.5) is 0 Å². The number of aromatic nitrogens is 1. The van der Waals surface area contributed by atoms with Gasteiger partial charge in [0.05, 0.1) is 6.26 Å². The summed E-state index contributed by atoms with van der Waals surface area (Å²) in [4.78, 5) is 4.32. The van der Waals surface area contributed by atoms with Crippen LogP contribution in [0.25, 0.3) is 0 Å². The third-order valence-corrected chi connectivity index (χ3v) is 3.49. The molecule has 0 fully saturated rings. The van der Waals surface area contributed by atoms with Crippen molar-refractivity contribution in [2.45, 2.75) is 5.92 Å². The lowest BCUT2D eigenvalue weighted by atomic mass is 9.95. The van der Waals surface area contributed by atoms with Gasteiger partial charge in [-0.25, -0.2) is 13.1 Å². The van der Waals surface area contributed by atoms with Crippen molar-refractivity contribution in [2.75, 3.05) is 12.8 Å². The Morgan fingerprint density at radius 1 is 1.11 bits per heavy atom. The van der Waals surface area contributed by atoms with Crippen molar-refractivity contribution in [3.8, 4) is 0 Å². The van der Waals surface area contributed by atoms with Gasteiger partial charge in [-0.3, -0.25) is 4.98 Å². The maximum atomic E-state index is 11.3. The van der Waals surface area contributed by atoms with E-state index in [9.17, 15) is 8.42 Å². The monoisotopic (exact) mass is 276 g/mol. The van der Waals surface area contributed by atoms with Gasteiger partial charge in [0.25, 0.3) is 0 Å². The summed E-state index contributed by atoms with van der Waals surface area (Å²) in [6.07, 6.45) is 2.87. The molecule has 1 aromatic heterocycles. The molecule has 1 N–H and O–H groups in total. The van der Waals surface area contributed by atoms with E-state index in [4.69, 9.17) is 0 Å². The van der Waals surface area contributed by atoms with E-state index >= 15 is 0 Å². The average Bonchev–Trinajstić information content (AvgIpc) is 2.40. The number of hydrogen-bond acceptors (Lipinski definition) is 3. The molecule has 1 aromatic carbocycles. The fourth-order valence-corrected chi connectivity index (χ4v) is 2.36. The molecule has 1 atom stereocenters. The minimum absolute atomic E-state index is 0.0860. The highest BCUT2D eigenvalue weighted by Gasteiger charge is 2.16. The lowest BCUT2D eigenvalue weighted by Crippen LogP contribution is -2.28. The molecule has 2 rings (SSSR count).